The highest BCUT2D eigenvalue weighted by atomic mass is 32.1. The minimum absolute atomic E-state index is 0.270. The molecule has 0 N–H and O–H groups in total. The average molecular weight is 142 g/mol. The zero-order valence-corrected chi connectivity index (χ0v) is 5.77. The highest BCUT2D eigenvalue weighted by Gasteiger charge is 1.94. The van der Waals surface area contributed by atoms with Gasteiger partial charge in [0.15, 0.2) is 0 Å². The summed E-state index contributed by atoms with van der Waals surface area (Å²) in [6.07, 6.45) is 0. The van der Waals surface area contributed by atoms with Crippen molar-refractivity contribution in [2.24, 2.45) is 0 Å². The van der Waals surface area contributed by atoms with Crippen LogP contribution in [0.3, 0.4) is 0 Å². The smallest absolute Gasteiger partial charge is 0.308 e. The summed E-state index contributed by atoms with van der Waals surface area (Å²) in [6.45, 7) is 1.39. The van der Waals surface area contributed by atoms with Gasteiger partial charge in [0.25, 0.3) is 0 Å². The molecule has 0 atom stereocenters. The molecule has 0 saturated heterocycles. The second-order valence-corrected chi connectivity index (χ2v) is 2.33. The number of esters is 1. The average Bonchev–Trinajstić information content (AvgIpc) is 2.15. The zero-order valence-electron chi connectivity index (χ0n) is 4.96. The van der Waals surface area contributed by atoms with E-state index < -0.39 is 0 Å². The molecule has 0 spiro atoms. The molecule has 1 aromatic heterocycles. The molecular formula is C6H6O2S. The molecule has 0 aliphatic rings. The fourth-order valence-electron chi connectivity index (χ4n) is 0.476. The van der Waals surface area contributed by atoms with Crippen LogP contribution in [0.5, 0.6) is 5.75 Å². The summed E-state index contributed by atoms with van der Waals surface area (Å²) in [5.74, 6) is 0.362. The van der Waals surface area contributed by atoms with E-state index in [0.29, 0.717) is 5.75 Å². The molecule has 0 aliphatic carbocycles. The van der Waals surface area contributed by atoms with Gasteiger partial charge in [0, 0.05) is 12.3 Å². The third kappa shape index (κ3) is 1.85. The van der Waals surface area contributed by atoms with Crippen molar-refractivity contribution in [3.8, 4) is 5.75 Å². The third-order valence-corrected chi connectivity index (χ3v) is 1.42. The van der Waals surface area contributed by atoms with Crippen LogP contribution in [0.4, 0.5) is 0 Å². The molecule has 1 heterocycles. The Morgan fingerprint density at radius 2 is 2.56 bits per heavy atom. The van der Waals surface area contributed by atoms with Gasteiger partial charge in [0.2, 0.25) is 0 Å². The molecule has 48 valence electrons. The second kappa shape index (κ2) is 2.64. The van der Waals surface area contributed by atoms with Crippen molar-refractivity contribution in [2.75, 3.05) is 0 Å². The van der Waals surface area contributed by atoms with Crippen LogP contribution in [0, 0.1) is 0 Å². The number of carbonyl (C=O) groups excluding carboxylic acids is 1. The first-order chi connectivity index (χ1) is 4.29. The third-order valence-electron chi connectivity index (χ3n) is 0.757. The van der Waals surface area contributed by atoms with Crippen molar-refractivity contribution in [3.05, 3.63) is 16.8 Å². The van der Waals surface area contributed by atoms with Gasteiger partial charge in [0.1, 0.15) is 5.75 Å². The van der Waals surface area contributed by atoms with Gasteiger partial charge in [-0.05, 0) is 11.4 Å². The summed E-state index contributed by atoms with van der Waals surface area (Å²) in [6, 6.07) is 1.76. The van der Waals surface area contributed by atoms with Crippen LogP contribution in [0.1, 0.15) is 6.92 Å². The van der Waals surface area contributed by atoms with E-state index in [9.17, 15) is 4.79 Å². The SMILES string of the molecule is CC(=O)Oc1ccsc1. The summed E-state index contributed by atoms with van der Waals surface area (Å²) in [7, 11) is 0. The number of ether oxygens (including phenoxy) is 1. The molecule has 3 heteroatoms. The predicted octanol–water partition coefficient (Wildman–Crippen LogP) is 1.67. The number of thiophene rings is 1. The first-order valence-electron chi connectivity index (χ1n) is 2.49. The van der Waals surface area contributed by atoms with Crippen molar-refractivity contribution < 1.29 is 9.53 Å². The maximum Gasteiger partial charge on any atom is 0.308 e. The van der Waals surface area contributed by atoms with E-state index in [1.54, 1.807) is 11.4 Å². The van der Waals surface area contributed by atoms with Gasteiger partial charge in [-0.3, -0.25) is 4.79 Å². The minimum Gasteiger partial charge on any atom is -0.426 e. The molecule has 2 nitrogen and oxygen atoms in total. The van der Waals surface area contributed by atoms with Crippen LogP contribution >= 0.6 is 11.3 Å². The first kappa shape index (κ1) is 6.29. The quantitative estimate of drug-likeness (QED) is 0.557. The fourth-order valence-corrected chi connectivity index (χ4v) is 1.03. The van der Waals surface area contributed by atoms with Gasteiger partial charge in [-0.25, -0.2) is 0 Å². The molecule has 9 heavy (non-hydrogen) atoms. The summed E-state index contributed by atoms with van der Waals surface area (Å²) in [4.78, 5) is 10.3. The number of hydrogen-bond donors (Lipinski definition) is 0. The van der Waals surface area contributed by atoms with E-state index in [0.717, 1.165) is 0 Å². The Bertz CT molecular complexity index is 191. The van der Waals surface area contributed by atoms with Crippen LogP contribution in [0.25, 0.3) is 0 Å². The van der Waals surface area contributed by atoms with Crippen molar-refractivity contribution in [3.63, 3.8) is 0 Å². The molecule has 0 fully saturated rings. The van der Waals surface area contributed by atoms with Gasteiger partial charge in [0.05, 0.1) is 0 Å². The van der Waals surface area contributed by atoms with Crippen molar-refractivity contribution in [1.29, 1.82) is 0 Å². The molecule has 0 aliphatic heterocycles. The summed E-state index contributed by atoms with van der Waals surface area (Å²) in [5.41, 5.74) is 0. The molecule has 0 amide bonds. The monoisotopic (exact) mass is 142 g/mol. The Hall–Kier alpha value is -0.830. The van der Waals surface area contributed by atoms with Crippen molar-refractivity contribution in [2.45, 2.75) is 6.92 Å². The lowest BCUT2D eigenvalue weighted by atomic mass is 10.6. The van der Waals surface area contributed by atoms with Gasteiger partial charge >= 0.3 is 5.97 Å². The molecule has 1 aromatic rings. The molecule has 0 saturated carbocycles. The van der Waals surface area contributed by atoms with Gasteiger partial charge < -0.3 is 4.74 Å². The van der Waals surface area contributed by atoms with Crippen LogP contribution in [0.2, 0.25) is 0 Å². The van der Waals surface area contributed by atoms with Gasteiger partial charge in [-0.15, -0.1) is 11.3 Å². The highest BCUT2D eigenvalue weighted by molar-refractivity contribution is 7.08. The molecule has 0 radical (unpaired) electrons. The highest BCUT2D eigenvalue weighted by Crippen LogP contribution is 2.14. The fraction of sp³-hybridized carbons (Fsp3) is 0.167. The van der Waals surface area contributed by atoms with E-state index in [2.05, 4.69) is 0 Å². The van der Waals surface area contributed by atoms with Gasteiger partial charge in [-0.1, -0.05) is 0 Å². The number of hydrogen-bond acceptors (Lipinski definition) is 3. The van der Waals surface area contributed by atoms with Crippen LogP contribution in [0.15, 0.2) is 16.8 Å². The van der Waals surface area contributed by atoms with Crippen LogP contribution in [-0.2, 0) is 4.79 Å². The molecule has 0 aromatic carbocycles. The van der Waals surface area contributed by atoms with E-state index in [-0.39, 0.29) is 5.97 Å². The van der Waals surface area contributed by atoms with Crippen LogP contribution in [-0.4, -0.2) is 5.97 Å². The summed E-state index contributed by atoms with van der Waals surface area (Å²) >= 11 is 1.50. The normalized spacial score (nSPS) is 9.00. The van der Waals surface area contributed by atoms with E-state index in [1.165, 1.54) is 18.3 Å². The largest absolute Gasteiger partial charge is 0.426 e. The zero-order chi connectivity index (χ0) is 6.69. The Morgan fingerprint density at radius 3 is 3.00 bits per heavy atom. The Balaban J connectivity index is 2.58. The predicted molar refractivity (Wildman–Crippen MR) is 35.6 cm³/mol. The molecule has 1 rings (SSSR count). The second-order valence-electron chi connectivity index (χ2n) is 1.55. The standard InChI is InChI=1S/C6H6O2S/c1-5(7)8-6-2-3-9-4-6/h2-4H,1H3. The van der Waals surface area contributed by atoms with Crippen molar-refractivity contribution >= 4 is 17.3 Å². The maximum absolute atomic E-state index is 10.3. The topological polar surface area (TPSA) is 26.3 Å². The first-order valence-corrected chi connectivity index (χ1v) is 3.44. The Kier molecular flexibility index (Phi) is 1.85. The van der Waals surface area contributed by atoms with E-state index >= 15 is 0 Å². The minimum atomic E-state index is -0.270. The summed E-state index contributed by atoms with van der Waals surface area (Å²) < 4.78 is 4.73. The van der Waals surface area contributed by atoms with Gasteiger partial charge in [-0.2, -0.15) is 0 Å². The van der Waals surface area contributed by atoms with E-state index in [1.807, 2.05) is 5.38 Å². The Morgan fingerprint density at radius 1 is 1.78 bits per heavy atom. The van der Waals surface area contributed by atoms with E-state index in [4.69, 9.17) is 4.74 Å². The lowest BCUT2D eigenvalue weighted by molar-refractivity contribution is -0.131. The lowest BCUT2D eigenvalue weighted by Gasteiger charge is -1.92. The molecule has 0 bridgehead atoms. The lowest BCUT2D eigenvalue weighted by Crippen LogP contribution is -1.99. The van der Waals surface area contributed by atoms with Crippen molar-refractivity contribution in [1.82, 2.24) is 0 Å². The molecule has 0 unspecified atom stereocenters. The number of rotatable bonds is 1. The Labute approximate surface area is 57.1 Å². The number of carbonyl (C=O) groups is 1. The molecular weight excluding hydrogens is 136 g/mol. The summed E-state index contributed by atoms with van der Waals surface area (Å²) in [5, 5.41) is 3.64. The maximum atomic E-state index is 10.3. The van der Waals surface area contributed by atoms with Crippen LogP contribution < -0.4 is 4.74 Å².